The molecule has 0 saturated carbocycles. The van der Waals surface area contributed by atoms with E-state index in [-0.39, 0.29) is 5.91 Å². The molecule has 3 aromatic rings. The van der Waals surface area contributed by atoms with Crippen LogP contribution in [0.3, 0.4) is 0 Å². The molecule has 2 aromatic heterocycles. The summed E-state index contributed by atoms with van der Waals surface area (Å²) in [5, 5.41) is 14.1. The molecule has 0 saturated heterocycles. The zero-order valence-corrected chi connectivity index (χ0v) is 15.4. The first kappa shape index (κ1) is 17.0. The van der Waals surface area contributed by atoms with Gasteiger partial charge in [0.05, 0.1) is 0 Å². The predicted molar refractivity (Wildman–Crippen MR) is 101 cm³/mol. The minimum Gasteiger partial charge on any atom is -0.296 e. The number of rotatable bonds is 4. The third-order valence-electron chi connectivity index (χ3n) is 3.03. The van der Waals surface area contributed by atoms with Gasteiger partial charge in [0.25, 0.3) is 5.91 Å². The van der Waals surface area contributed by atoms with Crippen LogP contribution >= 0.6 is 45.9 Å². The molecule has 2 heterocycles. The molecule has 0 aliphatic carbocycles. The molecule has 3 rings (SSSR count). The van der Waals surface area contributed by atoms with Gasteiger partial charge in [-0.1, -0.05) is 40.6 Å². The number of hydrogen-bond donors (Lipinski definition) is 1. The van der Waals surface area contributed by atoms with E-state index < -0.39 is 0 Å². The molecule has 122 valence electrons. The second-order valence-corrected chi connectivity index (χ2v) is 7.46. The molecule has 1 N–H and O–H groups in total. The summed E-state index contributed by atoms with van der Waals surface area (Å²) in [6.45, 7) is 1.75. The number of amides is 1. The molecule has 0 unspecified atom stereocenters. The first-order valence-electron chi connectivity index (χ1n) is 6.71. The van der Waals surface area contributed by atoms with Gasteiger partial charge in [0.15, 0.2) is 0 Å². The number of aromatic nitrogens is 2. The Morgan fingerprint density at radius 3 is 2.92 bits per heavy atom. The number of thiophene rings is 1. The smallest absolute Gasteiger partial charge is 0.257 e. The fourth-order valence-corrected chi connectivity index (χ4v) is 3.51. The molecule has 24 heavy (non-hydrogen) atoms. The van der Waals surface area contributed by atoms with E-state index in [1.807, 2.05) is 17.5 Å². The van der Waals surface area contributed by atoms with Gasteiger partial charge in [-0.2, -0.15) is 0 Å². The molecule has 0 bridgehead atoms. The largest absolute Gasteiger partial charge is 0.296 e. The Morgan fingerprint density at radius 1 is 1.33 bits per heavy atom. The van der Waals surface area contributed by atoms with E-state index in [0.717, 1.165) is 4.88 Å². The van der Waals surface area contributed by atoms with Crippen LogP contribution in [0.1, 0.15) is 20.8 Å². The van der Waals surface area contributed by atoms with Gasteiger partial charge in [-0.25, -0.2) is 4.99 Å². The summed E-state index contributed by atoms with van der Waals surface area (Å²) in [4.78, 5) is 17.6. The van der Waals surface area contributed by atoms with Crippen molar-refractivity contribution in [1.29, 1.82) is 0 Å². The molecule has 9 heteroatoms. The van der Waals surface area contributed by atoms with Crippen molar-refractivity contribution < 1.29 is 4.79 Å². The van der Waals surface area contributed by atoms with E-state index in [1.165, 1.54) is 11.3 Å². The number of benzene rings is 1. The molecule has 5 nitrogen and oxygen atoms in total. The average Bonchev–Trinajstić information content (AvgIpc) is 3.20. The molecule has 0 atom stereocenters. The van der Waals surface area contributed by atoms with Crippen molar-refractivity contribution in [2.75, 3.05) is 5.32 Å². The number of carbonyl (C=O) groups is 1. The Kier molecular flexibility index (Phi) is 5.25. The summed E-state index contributed by atoms with van der Waals surface area (Å²) < 4.78 is 0. The van der Waals surface area contributed by atoms with Crippen molar-refractivity contribution in [2.24, 2.45) is 4.99 Å². The van der Waals surface area contributed by atoms with E-state index in [1.54, 1.807) is 36.6 Å². The summed E-state index contributed by atoms with van der Waals surface area (Å²) in [7, 11) is 0. The lowest BCUT2D eigenvalue weighted by atomic mass is 10.1. The van der Waals surface area contributed by atoms with Crippen molar-refractivity contribution in [3.8, 4) is 0 Å². The standard InChI is InChI=1S/C15H10Cl2N4OS2/c1-8-11(5-9(16)6-12(8)17)13(22)19-15-21-20-14(24-15)18-7-10-3-2-4-23-10/h2-7H,1H3,(H,19,21,22). The van der Waals surface area contributed by atoms with Crippen LogP contribution in [-0.2, 0) is 0 Å². The number of nitrogens with one attached hydrogen (secondary N) is 1. The highest BCUT2D eigenvalue weighted by atomic mass is 35.5. The van der Waals surface area contributed by atoms with Crippen LogP contribution in [0.25, 0.3) is 0 Å². The van der Waals surface area contributed by atoms with E-state index in [4.69, 9.17) is 23.2 Å². The maximum Gasteiger partial charge on any atom is 0.257 e. The average molecular weight is 397 g/mol. The normalized spacial score (nSPS) is 11.1. The third kappa shape index (κ3) is 3.99. The van der Waals surface area contributed by atoms with E-state index in [0.29, 0.717) is 31.4 Å². The molecule has 0 spiro atoms. The fourth-order valence-electron chi connectivity index (χ4n) is 1.85. The van der Waals surface area contributed by atoms with Crippen molar-refractivity contribution in [3.05, 3.63) is 55.7 Å². The van der Waals surface area contributed by atoms with Gasteiger partial charge in [-0.3, -0.25) is 10.1 Å². The minimum atomic E-state index is -0.346. The quantitative estimate of drug-likeness (QED) is 0.614. The lowest BCUT2D eigenvalue weighted by Gasteiger charge is -2.07. The van der Waals surface area contributed by atoms with Gasteiger partial charge < -0.3 is 0 Å². The van der Waals surface area contributed by atoms with Gasteiger partial charge in [-0.05, 0) is 36.1 Å². The van der Waals surface area contributed by atoms with Crippen LogP contribution in [0.4, 0.5) is 10.3 Å². The predicted octanol–water partition coefficient (Wildman–Crippen LogP) is 5.22. The zero-order chi connectivity index (χ0) is 17.1. The number of carbonyl (C=O) groups excluding carboxylic acids is 1. The van der Waals surface area contributed by atoms with Crippen LogP contribution in [0.2, 0.25) is 10.0 Å². The summed E-state index contributed by atoms with van der Waals surface area (Å²) in [6, 6.07) is 7.05. The highest BCUT2D eigenvalue weighted by molar-refractivity contribution is 7.19. The second-order valence-electron chi connectivity index (χ2n) is 4.68. The van der Waals surface area contributed by atoms with E-state index in [9.17, 15) is 4.79 Å². The van der Waals surface area contributed by atoms with Gasteiger partial charge in [0.2, 0.25) is 10.3 Å². The Balaban J connectivity index is 1.74. The first-order valence-corrected chi connectivity index (χ1v) is 9.16. The number of anilines is 1. The van der Waals surface area contributed by atoms with Crippen LogP contribution in [0, 0.1) is 6.92 Å². The molecule has 1 aromatic carbocycles. The molecule has 0 aliphatic rings. The summed E-state index contributed by atoms with van der Waals surface area (Å²) >= 11 is 14.8. The summed E-state index contributed by atoms with van der Waals surface area (Å²) in [5.41, 5.74) is 1.05. The number of aliphatic imine (C=N–C) groups is 1. The Labute approximate surface area is 156 Å². The SMILES string of the molecule is Cc1c(Cl)cc(Cl)cc1C(=O)Nc1nnc(N=Cc2cccs2)s1. The fraction of sp³-hybridized carbons (Fsp3) is 0.0667. The topological polar surface area (TPSA) is 67.2 Å². The molecule has 0 fully saturated rings. The van der Waals surface area contributed by atoms with E-state index in [2.05, 4.69) is 20.5 Å². The number of hydrogen-bond acceptors (Lipinski definition) is 6. The van der Waals surface area contributed by atoms with Crippen LogP contribution in [0.15, 0.2) is 34.6 Å². The lowest BCUT2D eigenvalue weighted by Crippen LogP contribution is -2.13. The Bertz CT molecular complexity index is 906. The second kappa shape index (κ2) is 7.40. The Morgan fingerprint density at radius 2 is 2.17 bits per heavy atom. The zero-order valence-electron chi connectivity index (χ0n) is 12.3. The minimum absolute atomic E-state index is 0.346. The van der Waals surface area contributed by atoms with Gasteiger partial charge in [0.1, 0.15) is 0 Å². The Hall–Kier alpha value is -1.80. The lowest BCUT2D eigenvalue weighted by molar-refractivity contribution is 0.102. The van der Waals surface area contributed by atoms with Crippen molar-refractivity contribution >= 4 is 68.3 Å². The maximum absolute atomic E-state index is 12.4. The molecule has 0 radical (unpaired) electrons. The van der Waals surface area contributed by atoms with Crippen LogP contribution in [0.5, 0.6) is 0 Å². The van der Waals surface area contributed by atoms with Crippen molar-refractivity contribution in [2.45, 2.75) is 6.92 Å². The highest BCUT2D eigenvalue weighted by Gasteiger charge is 2.15. The van der Waals surface area contributed by atoms with E-state index >= 15 is 0 Å². The van der Waals surface area contributed by atoms with Gasteiger partial charge >= 0.3 is 0 Å². The van der Waals surface area contributed by atoms with Gasteiger partial charge in [-0.15, -0.1) is 21.5 Å². The third-order valence-corrected chi connectivity index (χ3v) is 5.20. The number of nitrogens with zero attached hydrogens (tertiary/aromatic N) is 3. The number of halogens is 2. The monoisotopic (exact) mass is 396 g/mol. The maximum atomic E-state index is 12.4. The molecular weight excluding hydrogens is 387 g/mol. The molecule has 1 amide bonds. The first-order chi connectivity index (χ1) is 11.5. The molecule has 0 aliphatic heterocycles. The molecular formula is C15H10Cl2N4OS2. The van der Waals surface area contributed by atoms with Crippen molar-refractivity contribution in [1.82, 2.24) is 10.2 Å². The summed E-state index contributed by atoms with van der Waals surface area (Å²) in [5.74, 6) is -0.346. The van der Waals surface area contributed by atoms with Crippen LogP contribution < -0.4 is 5.32 Å². The highest BCUT2D eigenvalue weighted by Crippen LogP contribution is 2.27. The van der Waals surface area contributed by atoms with Crippen molar-refractivity contribution in [3.63, 3.8) is 0 Å². The van der Waals surface area contributed by atoms with Crippen LogP contribution in [-0.4, -0.2) is 22.3 Å². The van der Waals surface area contributed by atoms with Gasteiger partial charge in [0, 0.05) is 26.7 Å². The summed E-state index contributed by atoms with van der Waals surface area (Å²) in [6.07, 6.45) is 1.71.